The van der Waals surface area contributed by atoms with E-state index < -0.39 is 0 Å². The van der Waals surface area contributed by atoms with Gasteiger partial charge in [-0.1, -0.05) is 25.7 Å². The van der Waals surface area contributed by atoms with Crippen molar-refractivity contribution in [3.63, 3.8) is 0 Å². The number of ether oxygens (including phenoxy) is 1. The zero-order valence-electron chi connectivity index (χ0n) is 13.6. The van der Waals surface area contributed by atoms with Gasteiger partial charge in [-0.2, -0.15) is 12.6 Å². The van der Waals surface area contributed by atoms with Gasteiger partial charge in [0.05, 0.1) is 12.1 Å². The number of hydrogen-bond acceptors (Lipinski definition) is 4. The molecule has 21 heavy (non-hydrogen) atoms. The summed E-state index contributed by atoms with van der Waals surface area (Å²) < 4.78 is 5.51. The maximum atomic E-state index is 11.9. The molecule has 1 unspecified atom stereocenters. The molecule has 0 aliphatic carbocycles. The van der Waals surface area contributed by atoms with Gasteiger partial charge in [-0.15, -0.1) is 0 Å². The van der Waals surface area contributed by atoms with Gasteiger partial charge in [0.25, 0.3) is 0 Å². The third-order valence-electron chi connectivity index (χ3n) is 3.94. The molecule has 124 valence electrons. The van der Waals surface area contributed by atoms with Crippen LogP contribution in [0.4, 0.5) is 0 Å². The fourth-order valence-corrected chi connectivity index (χ4v) is 2.83. The summed E-state index contributed by atoms with van der Waals surface area (Å²) in [6.07, 6.45) is 8.55. The molecular weight excluding hydrogens is 284 g/mol. The van der Waals surface area contributed by atoms with E-state index in [0.717, 1.165) is 39.0 Å². The number of nitrogens with one attached hydrogen (secondary N) is 1. The quantitative estimate of drug-likeness (QED) is 0.430. The summed E-state index contributed by atoms with van der Waals surface area (Å²) in [5, 5.41) is 3.04. The molecule has 5 heteroatoms. The summed E-state index contributed by atoms with van der Waals surface area (Å²) in [6, 6.07) is 0.0726. The molecule has 0 bridgehead atoms. The van der Waals surface area contributed by atoms with Crippen molar-refractivity contribution in [2.24, 2.45) is 0 Å². The van der Waals surface area contributed by atoms with Gasteiger partial charge < -0.3 is 10.1 Å². The van der Waals surface area contributed by atoms with E-state index in [-0.39, 0.29) is 11.9 Å². The molecule has 0 aromatic rings. The smallest absolute Gasteiger partial charge is 0.237 e. The summed E-state index contributed by atoms with van der Waals surface area (Å²) in [7, 11) is 0. The summed E-state index contributed by atoms with van der Waals surface area (Å²) in [5.41, 5.74) is 0. The maximum Gasteiger partial charge on any atom is 0.237 e. The van der Waals surface area contributed by atoms with E-state index in [1.165, 1.54) is 25.7 Å². The molecule has 1 heterocycles. The fourth-order valence-electron chi connectivity index (χ4n) is 2.49. The van der Waals surface area contributed by atoms with Crippen LogP contribution >= 0.6 is 12.6 Å². The van der Waals surface area contributed by atoms with E-state index in [2.05, 4.69) is 36.7 Å². The molecular formula is C16H32N2O2S. The van der Waals surface area contributed by atoms with E-state index in [9.17, 15) is 4.79 Å². The fraction of sp³-hybridized carbons (Fsp3) is 0.938. The number of likely N-dealkylation sites (tertiary alicyclic amines) is 1. The third-order valence-corrected chi connectivity index (χ3v) is 4.30. The first-order chi connectivity index (χ1) is 10.1. The van der Waals surface area contributed by atoms with Gasteiger partial charge in [-0.05, 0) is 33.1 Å². The lowest BCUT2D eigenvalue weighted by Crippen LogP contribution is -2.55. The van der Waals surface area contributed by atoms with Crippen LogP contribution in [0, 0.1) is 0 Å². The number of thiol groups is 1. The molecule has 4 nitrogen and oxygen atoms in total. The van der Waals surface area contributed by atoms with Crippen molar-refractivity contribution in [1.82, 2.24) is 10.2 Å². The second-order valence-corrected chi connectivity index (χ2v) is 6.37. The maximum absolute atomic E-state index is 11.9. The van der Waals surface area contributed by atoms with Gasteiger partial charge in [0, 0.05) is 25.6 Å². The van der Waals surface area contributed by atoms with E-state index in [1.54, 1.807) is 0 Å². The first-order valence-electron chi connectivity index (χ1n) is 8.39. The minimum Gasteiger partial charge on any atom is -0.379 e. The molecule has 0 radical (unpaired) electrons. The summed E-state index contributed by atoms with van der Waals surface area (Å²) in [5.74, 6) is 0.861. The van der Waals surface area contributed by atoms with Crippen LogP contribution in [-0.2, 0) is 9.53 Å². The van der Waals surface area contributed by atoms with Crippen LogP contribution < -0.4 is 5.32 Å². The van der Waals surface area contributed by atoms with Gasteiger partial charge in [-0.25, -0.2) is 0 Å². The van der Waals surface area contributed by atoms with Crippen LogP contribution in [-0.4, -0.2) is 48.5 Å². The first kappa shape index (κ1) is 18.8. The normalized spacial score (nSPS) is 18.8. The number of unbranched alkanes of at least 4 members (excludes halogenated alkanes) is 5. The number of hydrogen-bond donors (Lipinski definition) is 2. The summed E-state index contributed by atoms with van der Waals surface area (Å²) >= 11 is 4.22. The van der Waals surface area contributed by atoms with Gasteiger partial charge in [0.15, 0.2) is 0 Å². The molecule has 1 N–H and O–H groups in total. The molecule has 1 atom stereocenters. The summed E-state index contributed by atoms with van der Waals surface area (Å²) in [4.78, 5) is 14.0. The van der Waals surface area contributed by atoms with E-state index >= 15 is 0 Å². The highest BCUT2D eigenvalue weighted by atomic mass is 32.1. The van der Waals surface area contributed by atoms with Crippen LogP contribution in [0.3, 0.4) is 0 Å². The van der Waals surface area contributed by atoms with Crippen molar-refractivity contribution >= 4 is 18.5 Å². The van der Waals surface area contributed by atoms with Crippen LogP contribution in [0.1, 0.15) is 58.8 Å². The first-order valence-corrected chi connectivity index (χ1v) is 9.02. The Morgan fingerprint density at radius 2 is 1.90 bits per heavy atom. The average Bonchev–Trinajstić information content (AvgIpc) is 2.40. The molecule has 0 aromatic carbocycles. The summed E-state index contributed by atoms with van der Waals surface area (Å²) in [6.45, 7) is 6.85. The number of carbonyl (C=O) groups excluding carboxylic acids is 1. The number of nitrogens with zero attached hydrogens (tertiary/aromatic N) is 1. The highest BCUT2D eigenvalue weighted by Crippen LogP contribution is 2.17. The molecule has 1 aliphatic heterocycles. The molecule has 1 aliphatic rings. The third kappa shape index (κ3) is 8.07. The largest absolute Gasteiger partial charge is 0.379 e. The minimum absolute atomic E-state index is 0.0726. The lowest BCUT2D eigenvalue weighted by molar-refractivity contribution is -0.130. The Labute approximate surface area is 135 Å². The number of amides is 1. The predicted octanol–water partition coefficient (Wildman–Crippen LogP) is 2.83. The Bertz CT molecular complexity index is 285. The Morgan fingerprint density at radius 1 is 1.24 bits per heavy atom. The standard InChI is InChI=1S/C16H32N2O2S/c1-14(2)20-12-8-6-4-3-5-7-10-17-16(19)15-9-11-18(15)13-21/h14-15,21H,3-13H2,1-2H3,(H,17,19). The second-order valence-electron chi connectivity index (χ2n) is 6.09. The molecule has 0 aromatic heterocycles. The van der Waals surface area contributed by atoms with Gasteiger partial charge in [0.1, 0.15) is 0 Å². The zero-order chi connectivity index (χ0) is 15.5. The molecule has 1 rings (SSSR count). The topological polar surface area (TPSA) is 41.6 Å². The van der Waals surface area contributed by atoms with Gasteiger partial charge >= 0.3 is 0 Å². The lowest BCUT2D eigenvalue weighted by Gasteiger charge is -2.38. The van der Waals surface area contributed by atoms with E-state index in [4.69, 9.17) is 4.74 Å². The zero-order valence-corrected chi connectivity index (χ0v) is 14.5. The van der Waals surface area contributed by atoms with Crippen LogP contribution in [0.15, 0.2) is 0 Å². The average molecular weight is 317 g/mol. The van der Waals surface area contributed by atoms with Crippen molar-refractivity contribution in [1.29, 1.82) is 0 Å². The van der Waals surface area contributed by atoms with Crippen molar-refractivity contribution < 1.29 is 9.53 Å². The van der Waals surface area contributed by atoms with Crippen molar-refractivity contribution in [2.75, 3.05) is 25.6 Å². The monoisotopic (exact) mass is 316 g/mol. The molecule has 0 spiro atoms. The van der Waals surface area contributed by atoms with E-state index in [1.807, 2.05) is 0 Å². The van der Waals surface area contributed by atoms with Crippen molar-refractivity contribution in [3.8, 4) is 0 Å². The van der Waals surface area contributed by atoms with Crippen LogP contribution in [0.2, 0.25) is 0 Å². The molecule has 1 fully saturated rings. The SMILES string of the molecule is CC(C)OCCCCCCCCNC(=O)C1CCN1CS. The Morgan fingerprint density at radius 3 is 2.48 bits per heavy atom. The molecule has 0 saturated carbocycles. The van der Waals surface area contributed by atoms with Crippen LogP contribution in [0.5, 0.6) is 0 Å². The van der Waals surface area contributed by atoms with Crippen LogP contribution in [0.25, 0.3) is 0 Å². The number of rotatable bonds is 12. The van der Waals surface area contributed by atoms with Crippen molar-refractivity contribution in [2.45, 2.75) is 70.9 Å². The lowest BCUT2D eigenvalue weighted by atomic mass is 10.0. The Kier molecular flexibility index (Phi) is 10.1. The Balaban J connectivity index is 1.83. The van der Waals surface area contributed by atoms with E-state index in [0.29, 0.717) is 12.0 Å². The predicted molar refractivity (Wildman–Crippen MR) is 90.8 cm³/mol. The minimum atomic E-state index is 0.0726. The number of carbonyl (C=O) groups is 1. The molecule has 1 saturated heterocycles. The molecule has 1 amide bonds. The highest BCUT2D eigenvalue weighted by Gasteiger charge is 2.32. The van der Waals surface area contributed by atoms with Gasteiger partial charge in [0.2, 0.25) is 5.91 Å². The highest BCUT2D eigenvalue weighted by molar-refractivity contribution is 7.80. The Hall–Kier alpha value is -0.260. The van der Waals surface area contributed by atoms with Gasteiger partial charge in [-0.3, -0.25) is 9.69 Å². The second kappa shape index (κ2) is 11.3. The van der Waals surface area contributed by atoms with Crippen molar-refractivity contribution in [3.05, 3.63) is 0 Å².